The molecule has 0 radical (unpaired) electrons. The van der Waals surface area contributed by atoms with Crippen molar-refractivity contribution in [3.8, 4) is 16.9 Å². The van der Waals surface area contributed by atoms with Crippen LogP contribution in [0.5, 0.6) is 5.75 Å². The number of carbonyl (C=O) groups is 1. The maximum absolute atomic E-state index is 15.1. The van der Waals surface area contributed by atoms with E-state index in [-0.39, 0.29) is 11.2 Å². The summed E-state index contributed by atoms with van der Waals surface area (Å²) in [6.45, 7) is 6.77. The van der Waals surface area contributed by atoms with Gasteiger partial charge in [-0.25, -0.2) is 9.18 Å². The molecule has 4 nitrogen and oxygen atoms in total. The van der Waals surface area contributed by atoms with Crippen LogP contribution in [0.3, 0.4) is 0 Å². The molecule has 0 aliphatic heterocycles. The van der Waals surface area contributed by atoms with Crippen LogP contribution in [0.25, 0.3) is 11.1 Å². The molecule has 0 saturated carbocycles. The Balaban J connectivity index is 1.96. The molecule has 2 aromatic carbocycles. The largest absolute Gasteiger partial charge is 0.494 e. The Labute approximate surface area is 165 Å². The van der Waals surface area contributed by atoms with E-state index in [9.17, 15) is 4.79 Å². The lowest BCUT2D eigenvalue weighted by Gasteiger charge is -2.39. The monoisotopic (exact) mass is 385 g/mol. The Morgan fingerprint density at radius 2 is 2.07 bits per heavy atom. The number of halogens is 1. The number of benzene rings is 2. The lowest BCUT2D eigenvalue weighted by Crippen LogP contribution is -2.33. The van der Waals surface area contributed by atoms with Gasteiger partial charge in [0.15, 0.2) is 0 Å². The van der Waals surface area contributed by atoms with Crippen molar-refractivity contribution in [2.24, 2.45) is 11.1 Å². The predicted octanol–water partition coefficient (Wildman–Crippen LogP) is 5.78. The van der Waals surface area contributed by atoms with E-state index in [0.29, 0.717) is 17.7 Å². The van der Waals surface area contributed by atoms with Crippen LogP contribution in [0.1, 0.15) is 57.3 Å². The lowest BCUT2D eigenvalue weighted by molar-refractivity contribution is 0.0145. The summed E-state index contributed by atoms with van der Waals surface area (Å²) in [7, 11) is 0. The Morgan fingerprint density at radius 1 is 1.29 bits per heavy atom. The predicted molar refractivity (Wildman–Crippen MR) is 108 cm³/mol. The van der Waals surface area contributed by atoms with E-state index >= 15 is 4.39 Å². The Bertz CT molecular complexity index is 863. The highest BCUT2D eigenvalue weighted by atomic mass is 19.1. The summed E-state index contributed by atoms with van der Waals surface area (Å²) in [6, 6.07) is 10.9. The second kappa shape index (κ2) is 8.21. The molecule has 1 aliphatic rings. The minimum absolute atomic E-state index is 0.303. The lowest BCUT2D eigenvalue weighted by atomic mass is 9.71. The highest BCUT2D eigenvalue weighted by Crippen LogP contribution is 2.47. The first-order valence-corrected chi connectivity index (χ1v) is 9.83. The molecule has 0 heterocycles. The Morgan fingerprint density at radius 3 is 2.79 bits per heavy atom. The molecule has 0 aromatic heterocycles. The van der Waals surface area contributed by atoms with Crippen LogP contribution in [0.4, 0.5) is 9.18 Å². The number of nitrogens with two attached hydrogens (primary N) is 1. The number of aryl methyl sites for hydroxylation is 1. The smallest absolute Gasteiger partial charge is 0.405 e. The average molecular weight is 385 g/mol. The summed E-state index contributed by atoms with van der Waals surface area (Å²) in [6.07, 6.45) is 2.26. The fourth-order valence-corrected chi connectivity index (χ4v) is 3.75. The Hall–Kier alpha value is -2.56. The second-order valence-corrected chi connectivity index (χ2v) is 8.07. The molecule has 0 saturated heterocycles. The number of unbranched alkanes of at least 4 members (excludes halogenated alkanes) is 1. The van der Waals surface area contributed by atoms with Crippen molar-refractivity contribution in [2.45, 2.75) is 52.6 Å². The highest BCUT2D eigenvalue weighted by molar-refractivity contribution is 5.68. The van der Waals surface area contributed by atoms with Gasteiger partial charge in [-0.2, -0.15) is 0 Å². The van der Waals surface area contributed by atoms with Crippen molar-refractivity contribution >= 4 is 6.09 Å². The molecule has 5 heteroatoms. The van der Waals surface area contributed by atoms with Gasteiger partial charge in [-0.1, -0.05) is 39.3 Å². The van der Waals surface area contributed by atoms with E-state index in [4.69, 9.17) is 15.2 Å². The topological polar surface area (TPSA) is 61.6 Å². The van der Waals surface area contributed by atoms with Crippen LogP contribution in [0, 0.1) is 11.2 Å². The molecule has 1 aliphatic carbocycles. The van der Waals surface area contributed by atoms with E-state index in [1.165, 1.54) is 6.07 Å². The van der Waals surface area contributed by atoms with Crippen molar-refractivity contribution in [3.05, 3.63) is 53.3 Å². The van der Waals surface area contributed by atoms with Gasteiger partial charge in [0.05, 0.1) is 6.61 Å². The molecule has 0 fully saturated rings. The van der Waals surface area contributed by atoms with Gasteiger partial charge in [0.25, 0.3) is 0 Å². The van der Waals surface area contributed by atoms with Gasteiger partial charge in [0, 0.05) is 11.0 Å². The van der Waals surface area contributed by atoms with Crippen molar-refractivity contribution in [1.82, 2.24) is 0 Å². The van der Waals surface area contributed by atoms with Crippen molar-refractivity contribution in [1.29, 1.82) is 0 Å². The molecular formula is C23H28FNO3. The second-order valence-electron chi connectivity index (χ2n) is 8.07. The third-order valence-electron chi connectivity index (χ3n) is 5.41. The molecule has 2 N–H and O–H groups in total. The van der Waals surface area contributed by atoms with Crippen LogP contribution >= 0.6 is 0 Å². The van der Waals surface area contributed by atoms with Gasteiger partial charge in [0.1, 0.15) is 17.7 Å². The summed E-state index contributed by atoms with van der Waals surface area (Å²) >= 11 is 0. The first-order chi connectivity index (χ1) is 13.3. The van der Waals surface area contributed by atoms with Crippen molar-refractivity contribution in [3.63, 3.8) is 0 Å². The summed E-state index contributed by atoms with van der Waals surface area (Å²) in [5.74, 6) is 0.388. The highest BCUT2D eigenvalue weighted by Gasteiger charge is 2.39. The van der Waals surface area contributed by atoms with Crippen LogP contribution in [-0.2, 0) is 11.2 Å². The first kappa shape index (κ1) is 20.2. The van der Waals surface area contributed by atoms with Gasteiger partial charge in [0.2, 0.25) is 0 Å². The average Bonchev–Trinajstić information content (AvgIpc) is 2.64. The van der Waals surface area contributed by atoms with E-state index in [2.05, 4.69) is 6.92 Å². The van der Waals surface area contributed by atoms with E-state index in [1.807, 2.05) is 44.2 Å². The number of ether oxygens (including phenoxy) is 2. The number of rotatable bonds is 6. The van der Waals surface area contributed by atoms with Crippen LogP contribution in [0.15, 0.2) is 36.4 Å². The molecule has 1 atom stereocenters. The number of hydrogen-bond donors (Lipinski definition) is 1. The normalized spacial score (nSPS) is 17.6. The molecule has 1 amide bonds. The summed E-state index contributed by atoms with van der Waals surface area (Å²) in [4.78, 5) is 11.4. The van der Waals surface area contributed by atoms with Crippen LogP contribution in [0.2, 0.25) is 0 Å². The minimum atomic E-state index is -0.840. The molecule has 28 heavy (non-hydrogen) atoms. The molecule has 3 rings (SSSR count). The van der Waals surface area contributed by atoms with Gasteiger partial charge in [-0.05, 0) is 60.2 Å². The number of carbonyl (C=O) groups excluding carboxylic acids is 1. The molecular weight excluding hydrogens is 357 g/mol. The number of primary amides is 1. The zero-order valence-electron chi connectivity index (χ0n) is 16.8. The number of hydrogen-bond acceptors (Lipinski definition) is 3. The molecule has 150 valence electrons. The third kappa shape index (κ3) is 4.29. The van der Waals surface area contributed by atoms with Gasteiger partial charge in [-0.15, -0.1) is 0 Å². The fourth-order valence-electron chi connectivity index (χ4n) is 3.75. The maximum atomic E-state index is 15.1. The van der Waals surface area contributed by atoms with Crippen LogP contribution in [-0.4, -0.2) is 12.7 Å². The van der Waals surface area contributed by atoms with Gasteiger partial charge >= 0.3 is 6.09 Å². The quantitative estimate of drug-likeness (QED) is 0.641. The zero-order valence-corrected chi connectivity index (χ0v) is 16.8. The molecule has 0 bridgehead atoms. The molecule has 0 unspecified atom stereocenters. The Kier molecular flexibility index (Phi) is 5.92. The van der Waals surface area contributed by atoms with E-state index in [1.54, 1.807) is 0 Å². The third-order valence-corrected chi connectivity index (χ3v) is 5.41. The standard InChI is InChI=1S/C23H28FNO3/c1-4-5-11-27-17-8-6-7-15(12-17)18-13-16-9-10-23(2,3)21(28-22(25)26)19(16)14-20(18)24/h6-8,12-14,21H,4-5,9-11H2,1-3H3,(H2,25,26)/t21-/m0/s1. The van der Waals surface area contributed by atoms with Crippen LogP contribution < -0.4 is 10.5 Å². The van der Waals surface area contributed by atoms with Crippen molar-refractivity contribution in [2.75, 3.05) is 6.61 Å². The molecule has 2 aromatic rings. The van der Waals surface area contributed by atoms with Gasteiger partial charge in [-0.3, -0.25) is 0 Å². The minimum Gasteiger partial charge on any atom is -0.494 e. The van der Waals surface area contributed by atoms with E-state index < -0.39 is 12.2 Å². The van der Waals surface area contributed by atoms with Crippen molar-refractivity contribution < 1.29 is 18.7 Å². The summed E-state index contributed by atoms with van der Waals surface area (Å²) < 4.78 is 26.2. The number of fused-ring (bicyclic) bond motifs is 1. The SMILES string of the molecule is CCCCOc1cccc(-c2cc3c(cc2F)[C@H](OC(N)=O)C(C)(C)CC3)c1. The maximum Gasteiger partial charge on any atom is 0.405 e. The number of amides is 1. The summed E-state index contributed by atoms with van der Waals surface area (Å²) in [5.41, 5.74) is 7.94. The fraction of sp³-hybridized carbons (Fsp3) is 0.435. The summed E-state index contributed by atoms with van der Waals surface area (Å²) in [5, 5.41) is 0. The van der Waals surface area contributed by atoms with E-state index in [0.717, 1.165) is 42.6 Å². The first-order valence-electron chi connectivity index (χ1n) is 9.83. The zero-order chi connectivity index (χ0) is 20.3. The van der Waals surface area contributed by atoms with Gasteiger partial charge < -0.3 is 15.2 Å². The molecule has 0 spiro atoms.